The van der Waals surface area contributed by atoms with Gasteiger partial charge in [0.1, 0.15) is 5.01 Å². The first kappa shape index (κ1) is 19.1. The Morgan fingerprint density at radius 2 is 1.97 bits per heavy atom. The van der Waals surface area contributed by atoms with Crippen molar-refractivity contribution in [3.8, 4) is 0 Å². The van der Waals surface area contributed by atoms with Crippen LogP contribution < -0.4 is 5.56 Å². The summed E-state index contributed by atoms with van der Waals surface area (Å²) >= 11 is 3.04. The largest absolute Gasteiger partial charge is 0.337 e. The number of hydrogen-bond acceptors (Lipinski definition) is 7. The smallest absolute Gasteiger partial charge is 0.258 e. The minimum absolute atomic E-state index is 0.00489. The summed E-state index contributed by atoms with van der Waals surface area (Å²) in [7, 11) is 0. The molecule has 1 aliphatic rings. The van der Waals surface area contributed by atoms with Gasteiger partial charge in [0.05, 0.1) is 15.9 Å². The Balaban J connectivity index is 1.18. The molecule has 0 unspecified atom stereocenters. The minimum atomic E-state index is -0.0509. The zero-order valence-electron chi connectivity index (χ0n) is 16.1. The van der Waals surface area contributed by atoms with Crippen molar-refractivity contribution in [2.45, 2.75) is 6.54 Å². The van der Waals surface area contributed by atoms with E-state index in [9.17, 15) is 9.59 Å². The normalized spacial score (nSPS) is 15.5. The van der Waals surface area contributed by atoms with Gasteiger partial charge in [-0.05, 0) is 18.2 Å². The van der Waals surface area contributed by atoms with Crippen LogP contribution >= 0.6 is 22.7 Å². The van der Waals surface area contributed by atoms with E-state index in [4.69, 9.17) is 0 Å². The number of rotatable bonds is 4. The first-order chi connectivity index (χ1) is 14.7. The standard InChI is InChI=1S/C21H19N5O2S2/c27-19(6-5-18-23-16-3-1-2-4-17(16)30-18)25-9-7-24(8-10-25)14-15-13-20(28)26-11-12-29-21(26)22-15/h1-6,11-13H,7-10,14H2/b6-5+. The predicted octanol–water partition coefficient (Wildman–Crippen LogP) is 2.72. The zero-order chi connectivity index (χ0) is 20.5. The SMILES string of the molecule is O=C(/C=C/c1nc2ccccc2s1)N1CCN(Cc2cc(=O)n3ccsc3n2)CC1. The third-order valence-electron chi connectivity index (χ3n) is 5.10. The molecule has 30 heavy (non-hydrogen) atoms. The summed E-state index contributed by atoms with van der Waals surface area (Å²) in [6.07, 6.45) is 5.15. The fourth-order valence-electron chi connectivity index (χ4n) is 3.53. The van der Waals surface area contributed by atoms with Gasteiger partial charge in [-0.1, -0.05) is 12.1 Å². The second-order valence-electron chi connectivity index (χ2n) is 7.10. The Hall–Kier alpha value is -2.88. The quantitative estimate of drug-likeness (QED) is 0.459. The van der Waals surface area contributed by atoms with E-state index in [1.807, 2.05) is 34.5 Å². The van der Waals surface area contributed by atoms with Crippen LogP contribution in [0.25, 0.3) is 21.3 Å². The lowest BCUT2D eigenvalue weighted by molar-refractivity contribution is -0.127. The van der Waals surface area contributed by atoms with E-state index in [1.54, 1.807) is 40.2 Å². The van der Waals surface area contributed by atoms with E-state index < -0.39 is 0 Å². The summed E-state index contributed by atoms with van der Waals surface area (Å²) in [5.41, 5.74) is 1.68. The summed E-state index contributed by atoms with van der Waals surface area (Å²) < 4.78 is 2.68. The number of thiazole rings is 2. The molecule has 1 fully saturated rings. The van der Waals surface area contributed by atoms with Crippen molar-refractivity contribution >= 4 is 49.8 Å². The van der Waals surface area contributed by atoms with Gasteiger partial charge in [-0.25, -0.2) is 9.97 Å². The zero-order valence-corrected chi connectivity index (χ0v) is 17.7. The second kappa shape index (κ2) is 8.10. The summed E-state index contributed by atoms with van der Waals surface area (Å²) in [6, 6.07) is 9.56. The van der Waals surface area contributed by atoms with E-state index in [0.717, 1.165) is 34.0 Å². The molecule has 0 aliphatic carbocycles. The fourth-order valence-corrected chi connectivity index (χ4v) is 5.14. The van der Waals surface area contributed by atoms with E-state index in [2.05, 4.69) is 14.9 Å². The highest BCUT2D eigenvalue weighted by Gasteiger charge is 2.20. The lowest BCUT2D eigenvalue weighted by Gasteiger charge is -2.33. The van der Waals surface area contributed by atoms with Gasteiger partial charge in [-0.15, -0.1) is 22.7 Å². The molecule has 3 aromatic heterocycles. The maximum atomic E-state index is 12.6. The van der Waals surface area contributed by atoms with Crippen molar-refractivity contribution in [3.63, 3.8) is 0 Å². The van der Waals surface area contributed by atoms with Crippen LogP contribution in [-0.4, -0.2) is 56.3 Å². The topological polar surface area (TPSA) is 70.8 Å². The number of amides is 1. The van der Waals surface area contributed by atoms with Crippen LogP contribution in [0.1, 0.15) is 10.7 Å². The molecule has 1 aromatic carbocycles. The molecule has 5 rings (SSSR count). The van der Waals surface area contributed by atoms with E-state index in [0.29, 0.717) is 24.6 Å². The number of carbonyl (C=O) groups is 1. The molecule has 1 saturated heterocycles. The van der Waals surface area contributed by atoms with Gasteiger partial charge in [-0.3, -0.25) is 18.9 Å². The van der Waals surface area contributed by atoms with Crippen LogP contribution in [0.4, 0.5) is 0 Å². The maximum absolute atomic E-state index is 12.6. The molecule has 0 bridgehead atoms. The molecule has 7 nitrogen and oxygen atoms in total. The van der Waals surface area contributed by atoms with Crippen molar-refractivity contribution < 1.29 is 4.79 Å². The Labute approximate surface area is 180 Å². The first-order valence-electron chi connectivity index (χ1n) is 9.66. The first-order valence-corrected chi connectivity index (χ1v) is 11.4. The molecule has 4 aromatic rings. The van der Waals surface area contributed by atoms with Gasteiger partial charge in [0.2, 0.25) is 5.91 Å². The van der Waals surface area contributed by atoms with Crippen LogP contribution in [0.15, 0.2) is 52.8 Å². The van der Waals surface area contributed by atoms with Crippen LogP contribution in [0.3, 0.4) is 0 Å². The molecule has 0 saturated carbocycles. The minimum Gasteiger partial charge on any atom is -0.337 e. The molecule has 152 valence electrons. The van der Waals surface area contributed by atoms with Crippen LogP contribution in [0, 0.1) is 0 Å². The van der Waals surface area contributed by atoms with Crippen LogP contribution in [-0.2, 0) is 11.3 Å². The number of benzene rings is 1. The van der Waals surface area contributed by atoms with Gasteiger partial charge in [0, 0.05) is 56.4 Å². The Morgan fingerprint density at radius 1 is 1.13 bits per heavy atom. The summed E-state index contributed by atoms with van der Waals surface area (Å²) in [4.78, 5) is 38.6. The predicted molar refractivity (Wildman–Crippen MR) is 120 cm³/mol. The van der Waals surface area contributed by atoms with Crippen molar-refractivity contribution in [2.75, 3.05) is 26.2 Å². The number of carbonyl (C=O) groups excluding carboxylic acids is 1. The van der Waals surface area contributed by atoms with Gasteiger partial charge >= 0.3 is 0 Å². The van der Waals surface area contributed by atoms with Gasteiger partial charge in [0.15, 0.2) is 4.96 Å². The number of nitrogens with zero attached hydrogens (tertiary/aromatic N) is 5. The van der Waals surface area contributed by atoms with Crippen molar-refractivity contribution in [1.82, 2.24) is 24.2 Å². The Bertz CT molecular complexity index is 1260. The number of para-hydroxylation sites is 1. The Kier molecular flexibility index (Phi) is 5.16. The highest BCUT2D eigenvalue weighted by molar-refractivity contribution is 7.19. The molecule has 0 radical (unpaired) electrons. The van der Waals surface area contributed by atoms with Crippen LogP contribution in [0.2, 0.25) is 0 Å². The van der Waals surface area contributed by atoms with Crippen LogP contribution in [0.5, 0.6) is 0 Å². The average Bonchev–Trinajstić information content (AvgIpc) is 3.39. The molecule has 9 heteroatoms. The highest BCUT2D eigenvalue weighted by Crippen LogP contribution is 2.22. The van der Waals surface area contributed by atoms with Gasteiger partial charge < -0.3 is 4.90 Å². The highest BCUT2D eigenvalue weighted by atomic mass is 32.1. The third-order valence-corrected chi connectivity index (χ3v) is 6.86. The summed E-state index contributed by atoms with van der Waals surface area (Å²) in [6.45, 7) is 3.44. The maximum Gasteiger partial charge on any atom is 0.258 e. The molecule has 0 spiro atoms. The average molecular weight is 438 g/mol. The number of piperazine rings is 1. The van der Waals surface area contributed by atoms with E-state index >= 15 is 0 Å². The monoisotopic (exact) mass is 437 g/mol. The van der Waals surface area contributed by atoms with E-state index in [1.165, 1.54) is 11.3 Å². The van der Waals surface area contributed by atoms with Crippen molar-refractivity contribution in [2.24, 2.45) is 0 Å². The molecule has 0 atom stereocenters. The molecular formula is C21H19N5O2S2. The van der Waals surface area contributed by atoms with Gasteiger partial charge in [0.25, 0.3) is 5.56 Å². The summed E-state index contributed by atoms with van der Waals surface area (Å²) in [5, 5.41) is 2.70. The number of aromatic nitrogens is 3. The van der Waals surface area contributed by atoms with Gasteiger partial charge in [-0.2, -0.15) is 0 Å². The number of fused-ring (bicyclic) bond motifs is 2. The Morgan fingerprint density at radius 3 is 2.80 bits per heavy atom. The van der Waals surface area contributed by atoms with E-state index in [-0.39, 0.29) is 11.5 Å². The molecule has 1 amide bonds. The molecule has 0 N–H and O–H groups in total. The second-order valence-corrected chi connectivity index (χ2v) is 9.03. The van der Waals surface area contributed by atoms with Crippen molar-refractivity contribution in [1.29, 1.82) is 0 Å². The molecule has 1 aliphatic heterocycles. The lowest BCUT2D eigenvalue weighted by Crippen LogP contribution is -2.48. The molecular weight excluding hydrogens is 418 g/mol. The summed E-state index contributed by atoms with van der Waals surface area (Å²) in [5.74, 6) is 0.00489. The van der Waals surface area contributed by atoms with Crippen molar-refractivity contribution in [3.05, 3.63) is 69.0 Å². The fraction of sp³-hybridized carbons (Fsp3) is 0.238. The number of hydrogen-bond donors (Lipinski definition) is 0. The lowest BCUT2D eigenvalue weighted by atomic mass is 10.2. The third kappa shape index (κ3) is 3.91. The molecule has 4 heterocycles.